The number of sulfonamides is 1. The number of benzene rings is 2. The number of nitrogens with one attached hydrogen (secondary N) is 2. The zero-order chi connectivity index (χ0) is 25.7. The number of hydrogen-bond acceptors (Lipinski definition) is 6. The minimum absolute atomic E-state index is 0.0705. The summed E-state index contributed by atoms with van der Waals surface area (Å²) in [7, 11) is -3.38. The topological polar surface area (TPSA) is 125 Å². The van der Waals surface area contributed by atoms with Crippen molar-refractivity contribution in [3.05, 3.63) is 72.7 Å². The molecule has 2 aromatic carbocycles. The lowest BCUT2D eigenvalue weighted by atomic mass is 9.92. The Morgan fingerprint density at radius 3 is 2.58 bits per heavy atom. The Balaban J connectivity index is 1.76. The average Bonchev–Trinajstić information content (AvgIpc) is 3.11. The highest BCUT2D eigenvalue weighted by Crippen LogP contribution is 2.43. The third-order valence-corrected chi connectivity index (χ3v) is 7.67. The van der Waals surface area contributed by atoms with Crippen molar-refractivity contribution in [1.29, 1.82) is 5.26 Å². The van der Waals surface area contributed by atoms with Gasteiger partial charge in [0.15, 0.2) is 0 Å². The lowest BCUT2D eigenvalue weighted by molar-refractivity contribution is 0.324. The van der Waals surface area contributed by atoms with Crippen LogP contribution in [0, 0.1) is 11.3 Å². The number of nitrogens with zero attached hydrogens (tertiary/aromatic N) is 3. The van der Waals surface area contributed by atoms with Crippen LogP contribution in [0.25, 0.3) is 22.2 Å². The van der Waals surface area contributed by atoms with Crippen molar-refractivity contribution < 1.29 is 8.42 Å². The van der Waals surface area contributed by atoms with Gasteiger partial charge in [-0.25, -0.2) is 13.4 Å². The van der Waals surface area contributed by atoms with E-state index in [1.807, 2.05) is 37.3 Å². The van der Waals surface area contributed by atoms with Crippen LogP contribution < -0.4 is 15.8 Å². The molecular weight excluding hydrogens is 472 g/mol. The van der Waals surface area contributed by atoms with Crippen LogP contribution in [0.5, 0.6) is 0 Å². The quantitative estimate of drug-likeness (QED) is 0.316. The highest BCUT2D eigenvalue weighted by atomic mass is 32.2. The van der Waals surface area contributed by atoms with Gasteiger partial charge in [-0.3, -0.25) is 4.72 Å². The molecule has 8 nitrogen and oxygen atoms in total. The number of anilines is 2. The summed E-state index contributed by atoms with van der Waals surface area (Å²) >= 11 is 0. The number of aromatic nitrogens is 1. The van der Waals surface area contributed by atoms with Gasteiger partial charge < -0.3 is 15.6 Å². The third-order valence-electron chi connectivity index (χ3n) is 6.18. The van der Waals surface area contributed by atoms with E-state index in [-0.39, 0.29) is 5.75 Å². The molecule has 0 unspecified atom stereocenters. The maximum atomic E-state index is 12.2. The Morgan fingerprint density at radius 1 is 1.25 bits per heavy atom. The first kappa shape index (κ1) is 25.1. The van der Waals surface area contributed by atoms with E-state index >= 15 is 0 Å². The average molecular weight is 503 g/mol. The van der Waals surface area contributed by atoms with Crippen molar-refractivity contribution in [1.82, 2.24) is 4.57 Å². The molecule has 0 amide bonds. The van der Waals surface area contributed by atoms with Gasteiger partial charge in [0.25, 0.3) is 0 Å². The summed E-state index contributed by atoms with van der Waals surface area (Å²) in [4.78, 5) is 4.20. The predicted octanol–water partition coefficient (Wildman–Crippen LogP) is 5.48. The van der Waals surface area contributed by atoms with Crippen molar-refractivity contribution in [3.63, 3.8) is 0 Å². The van der Waals surface area contributed by atoms with Crippen LogP contribution in [0.2, 0.25) is 0 Å². The smallest absolute Gasteiger partial charge is 0.232 e. The Kier molecular flexibility index (Phi) is 7.46. The van der Waals surface area contributed by atoms with Crippen molar-refractivity contribution in [2.75, 3.05) is 15.8 Å². The number of allylic oxidation sites excluding steroid dienone is 1. The van der Waals surface area contributed by atoms with Crippen LogP contribution in [0.15, 0.2) is 72.1 Å². The molecule has 0 atom stereocenters. The van der Waals surface area contributed by atoms with Gasteiger partial charge in [0.1, 0.15) is 11.9 Å². The maximum absolute atomic E-state index is 12.2. The summed E-state index contributed by atoms with van der Waals surface area (Å²) in [6, 6.07) is 15.8. The Hall–Kier alpha value is -4.03. The van der Waals surface area contributed by atoms with E-state index in [0.717, 1.165) is 47.1 Å². The second-order valence-corrected chi connectivity index (χ2v) is 10.6. The molecule has 36 heavy (non-hydrogen) atoms. The van der Waals surface area contributed by atoms with E-state index < -0.39 is 10.0 Å². The van der Waals surface area contributed by atoms with Gasteiger partial charge in [-0.15, -0.1) is 0 Å². The molecule has 0 radical (unpaired) electrons. The molecule has 186 valence electrons. The van der Waals surface area contributed by atoms with Gasteiger partial charge in [-0.1, -0.05) is 25.6 Å². The molecule has 9 heteroatoms. The van der Waals surface area contributed by atoms with Crippen molar-refractivity contribution in [2.45, 2.75) is 38.6 Å². The summed E-state index contributed by atoms with van der Waals surface area (Å²) in [5.74, 6) is 0.539. The standard InChI is InChI=1S/C27H30N6O2S/c1-3-16-36(34,35)32-21-10-8-20(9-11-21)27-25(18-29)24-13-12-22(31-19(2)30-15-5-14-28)17-26(24)33(27)23-6-4-7-23/h5,8-15,17,23,31-32H,2-4,6-7,16,28H2,1H3/b14-5-,30-15-. The summed E-state index contributed by atoms with van der Waals surface area (Å²) in [5.41, 5.74) is 9.94. The first-order chi connectivity index (χ1) is 17.4. The first-order valence-electron chi connectivity index (χ1n) is 11.9. The Morgan fingerprint density at radius 2 is 1.97 bits per heavy atom. The van der Waals surface area contributed by atoms with E-state index in [9.17, 15) is 13.7 Å². The van der Waals surface area contributed by atoms with Gasteiger partial charge in [0.05, 0.1) is 22.5 Å². The van der Waals surface area contributed by atoms with Gasteiger partial charge in [0, 0.05) is 29.0 Å². The monoisotopic (exact) mass is 502 g/mol. The van der Waals surface area contributed by atoms with Crippen LogP contribution in [0.3, 0.4) is 0 Å². The number of fused-ring (bicyclic) bond motifs is 1. The van der Waals surface area contributed by atoms with Crippen LogP contribution in [-0.4, -0.2) is 25.0 Å². The Bertz CT molecular complexity index is 1470. The molecule has 0 saturated heterocycles. The molecule has 1 saturated carbocycles. The van der Waals surface area contributed by atoms with E-state index in [4.69, 9.17) is 5.73 Å². The molecule has 1 aromatic heterocycles. The van der Waals surface area contributed by atoms with Gasteiger partial charge in [-0.2, -0.15) is 5.26 Å². The van der Waals surface area contributed by atoms with Gasteiger partial charge in [0.2, 0.25) is 10.0 Å². The summed E-state index contributed by atoms with van der Waals surface area (Å²) in [6.45, 7) is 5.75. The summed E-state index contributed by atoms with van der Waals surface area (Å²) in [5, 5.41) is 14.2. The molecule has 1 fully saturated rings. The number of aliphatic imine (C=N–C) groups is 1. The van der Waals surface area contributed by atoms with Crippen LogP contribution in [0.4, 0.5) is 11.4 Å². The second-order valence-electron chi connectivity index (χ2n) is 8.76. The second kappa shape index (κ2) is 10.7. The minimum atomic E-state index is -3.38. The molecule has 1 heterocycles. The fourth-order valence-electron chi connectivity index (χ4n) is 4.39. The zero-order valence-corrected chi connectivity index (χ0v) is 21.1. The van der Waals surface area contributed by atoms with E-state index in [1.165, 1.54) is 6.20 Å². The molecule has 0 bridgehead atoms. The lowest BCUT2D eigenvalue weighted by Crippen LogP contribution is -2.18. The fourth-order valence-corrected chi connectivity index (χ4v) is 5.52. The molecule has 4 rings (SSSR count). The largest absolute Gasteiger partial charge is 0.405 e. The normalized spacial score (nSPS) is 14.2. The number of nitrogens with two attached hydrogens (primary N) is 1. The molecule has 1 aliphatic rings. The molecule has 0 aliphatic heterocycles. The van der Waals surface area contributed by atoms with Crippen molar-refractivity contribution in [3.8, 4) is 17.3 Å². The van der Waals surface area contributed by atoms with Crippen molar-refractivity contribution >= 4 is 38.5 Å². The summed E-state index contributed by atoms with van der Waals surface area (Å²) < 4.78 is 29.2. The SMILES string of the molecule is C=C(/N=C\C=C/N)Nc1ccc2c(C#N)c(-c3ccc(NS(=O)(=O)CCC)cc3)n(C3CCC3)c2c1. The zero-order valence-electron chi connectivity index (χ0n) is 20.2. The Labute approximate surface area is 211 Å². The molecule has 4 N–H and O–H groups in total. The number of hydrogen-bond donors (Lipinski definition) is 3. The molecule has 1 aliphatic carbocycles. The number of nitriles is 1. The van der Waals surface area contributed by atoms with Gasteiger partial charge in [-0.05, 0) is 73.9 Å². The van der Waals surface area contributed by atoms with Gasteiger partial charge >= 0.3 is 0 Å². The maximum Gasteiger partial charge on any atom is 0.232 e. The van der Waals surface area contributed by atoms with E-state index in [0.29, 0.717) is 29.5 Å². The van der Waals surface area contributed by atoms with Crippen LogP contribution in [-0.2, 0) is 10.0 Å². The predicted molar refractivity (Wildman–Crippen MR) is 147 cm³/mol. The highest BCUT2D eigenvalue weighted by Gasteiger charge is 2.28. The number of rotatable bonds is 10. The minimum Gasteiger partial charge on any atom is -0.405 e. The first-order valence-corrected chi connectivity index (χ1v) is 13.6. The summed E-state index contributed by atoms with van der Waals surface area (Å²) in [6.07, 6.45) is 8.33. The van der Waals surface area contributed by atoms with Crippen LogP contribution >= 0.6 is 0 Å². The third kappa shape index (κ3) is 5.29. The van der Waals surface area contributed by atoms with E-state index in [1.54, 1.807) is 24.4 Å². The molecule has 3 aromatic rings. The van der Waals surface area contributed by atoms with Crippen LogP contribution in [0.1, 0.15) is 44.2 Å². The fraction of sp³-hybridized carbons (Fsp3) is 0.259. The molecule has 0 spiro atoms. The van der Waals surface area contributed by atoms with E-state index in [2.05, 4.69) is 32.2 Å². The highest BCUT2D eigenvalue weighted by molar-refractivity contribution is 7.92. The lowest BCUT2D eigenvalue weighted by Gasteiger charge is -2.30. The molecular formula is C27H30N6O2S. The van der Waals surface area contributed by atoms with Crippen molar-refractivity contribution in [2.24, 2.45) is 10.7 Å².